The van der Waals surface area contributed by atoms with E-state index in [2.05, 4.69) is 14.7 Å². The highest BCUT2D eigenvalue weighted by molar-refractivity contribution is 6.50. The average molecular weight is 439 g/mol. The van der Waals surface area contributed by atoms with Crippen LogP contribution in [0.3, 0.4) is 0 Å². The lowest BCUT2D eigenvalue weighted by Crippen LogP contribution is -2.11. The Morgan fingerprint density at radius 3 is 2.30 bits per heavy atom. The monoisotopic (exact) mass is 438 g/mol. The highest BCUT2D eigenvalue weighted by atomic mass is 35.5. The maximum absolute atomic E-state index is 12.5. The van der Waals surface area contributed by atoms with Crippen molar-refractivity contribution in [2.45, 2.75) is 6.61 Å². The molecule has 0 aliphatic carbocycles. The fraction of sp³-hybridized carbons (Fsp3) is 0.200. The van der Waals surface area contributed by atoms with Crippen LogP contribution in [0.15, 0.2) is 35.1 Å². The molecule has 158 valence electrons. The molecule has 0 spiro atoms. The number of rotatable bonds is 7. The fourth-order valence-electron chi connectivity index (χ4n) is 2.76. The Labute approximate surface area is 174 Å². The lowest BCUT2D eigenvalue weighted by Gasteiger charge is -2.11. The maximum atomic E-state index is 12.5. The number of fused-ring (bicyclic) bond motifs is 1. The number of aromatic amines is 1. The number of nitrogens with one attached hydrogen (secondary N) is 1. The first-order valence-electron chi connectivity index (χ1n) is 8.52. The van der Waals surface area contributed by atoms with E-state index in [1.165, 1.54) is 51.7 Å². The van der Waals surface area contributed by atoms with E-state index < -0.39 is 12.2 Å². The van der Waals surface area contributed by atoms with E-state index in [0.717, 1.165) is 0 Å². The summed E-state index contributed by atoms with van der Waals surface area (Å²) in [4.78, 5) is 19.5. The summed E-state index contributed by atoms with van der Waals surface area (Å²) in [7, 11) is 4.26. The Kier molecular flexibility index (Phi) is 6.41. The zero-order chi connectivity index (χ0) is 21.8. The van der Waals surface area contributed by atoms with Gasteiger partial charge in [-0.15, -0.1) is 0 Å². The minimum atomic E-state index is -2.98. The van der Waals surface area contributed by atoms with Crippen molar-refractivity contribution < 1.29 is 27.7 Å². The number of hydrogen-bond donors (Lipinski definition) is 1. The number of aromatic nitrogens is 2. The second kappa shape index (κ2) is 9.00. The van der Waals surface area contributed by atoms with E-state index in [-0.39, 0.29) is 22.4 Å². The summed E-state index contributed by atoms with van der Waals surface area (Å²) in [6.07, 6.45) is 1.50. The first-order valence-corrected chi connectivity index (χ1v) is 8.90. The number of methoxy groups -OCH3 is 3. The fourth-order valence-corrected chi connectivity index (χ4v) is 2.98. The van der Waals surface area contributed by atoms with Crippen LogP contribution in [0.25, 0.3) is 22.0 Å². The van der Waals surface area contributed by atoms with Crippen molar-refractivity contribution in [3.8, 4) is 23.0 Å². The predicted molar refractivity (Wildman–Crippen MR) is 109 cm³/mol. The smallest absolute Gasteiger partial charge is 0.387 e. The molecule has 0 saturated carbocycles. The number of halogens is 3. The first-order chi connectivity index (χ1) is 14.4. The minimum Gasteiger partial charge on any atom is -0.493 e. The topological polar surface area (TPSA) is 82.7 Å². The second-order valence-electron chi connectivity index (χ2n) is 5.92. The third-order valence-electron chi connectivity index (χ3n) is 4.13. The third-order valence-corrected chi connectivity index (χ3v) is 4.42. The molecule has 0 fully saturated rings. The summed E-state index contributed by atoms with van der Waals surface area (Å²) >= 11 is 6.35. The molecule has 0 unspecified atom stereocenters. The number of hydrogen-bond acceptors (Lipinski definition) is 6. The van der Waals surface area contributed by atoms with Gasteiger partial charge >= 0.3 is 6.61 Å². The zero-order valence-corrected chi connectivity index (χ0v) is 16.9. The Bertz CT molecular complexity index is 1160. The molecule has 2 aromatic carbocycles. The highest BCUT2D eigenvalue weighted by Gasteiger charge is 2.14. The van der Waals surface area contributed by atoms with Gasteiger partial charge < -0.3 is 23.9 Å². The van der Waals surface area contributed by atoms with Crippen LogP contribution in [0.2, 0.25) is 0 Å². The number of nitrogens with zero attached hydrogens (tertiary/aromatic N) is 1. The molecule has 7 nitrogen and oxygen atoms in total. The molecule has 0 atom stereocenters. The molecular weight excluding hydrogens is 422 g/mol. The molecular formula is C20H17ClF2N2O5. The summed E-state index contributed by atoms with van der Waals surface area (Å²) in [5.74, 6) is 0.913. The number of ether oxygens (including phenoxy) is 4. The highest BCUT2D eigenvalue weighted by Crippen LogP contribution is 2.32. The van der Waals surface area contributed by atoms with Crippen LogP contribution in [-0.2, 0) is 0 Å². The average Bonchev–Trinajstić information content (AvgIpc) is 2.73. The maximum Gasteiger partial charge on any atom is 0.387 e. The van der Waals surface area contributed by atoms with Crippen molar-refractivity contribution in [3.63, 3.8) is 0 Å². The predicted octanol–water partition coefficient (Wildman–Crippen LogP) is 4.29. The van der Waals surface area contributed by atoms with Gasteiger partial charge in [-0.25, -0.2) is 4.98 Å². The van der Waals surface area contributed by atoms with Gasteiger partial charge in [-0.1, -0.05) is 17.7 Å². The molecule has 0 bridgehead atoms. The lowest BCUT2D eigenvalue weighted by atomic mass is 10.1. The lowest BCUT2D eigenvalue weighted by molar-refractivity contribution is -0.0512. The van der Waals surface area contributed by atoms with Crippen LogP contribution in [0, 0.1) is 0 Å². The largest absolute Gasteiger partial charge is 0.493 e. The second-order valence-corrected chi connectivity index (χ2v) is 6.33. The number of benzene rings is 2. The number of H-pyrrole nitrogens is 1. The van der Waals surface area contributed by atoms with Gasteiger partial charge in [0, 0.05) is 6.07 Å². The van der Waals surface area contributed by atoms with Crippen LogP contribution in [0.5, 0.6) is 23.0 Å². The zero-order valence-electron chi connectivity index (χ0n) is 16.2. The van der Waals surface area contributed by atoms with Gasteiger partial charge in [0.2, 0.25) is 0 Å². The van der Waals surface area contributed by atoms with Gasteiger partial charge in [0.1, 0.15) is 0 Å². The van der Waals surface area contributed by atoms with Crippen molar-refractivity contribution in [2.75, 3.05) is 21.3 Å². The molecule has 0 radical (unpaired) electrons. The summed E-state index contributed by atoms with van der Waals surface area (Å²) < 4.78 is 44.8. The molecule has 10 heteroatoms. The molecule has 0 aliphatic heterocycles. The summed E-state index contributed by atoms with van der Waals surface area (Å²) in [6, 6.07) is 7.39. The molecule has 30 heavy (non-hydrogen) atoms. The van der Waals surface area contributed by atoms with Crippen molar-refractivity contribution in [3.05, 3.63) is 52.1 Å². The summed E-state index contributed by atoms with van der Waals surface area (Å²) in [5, 5.41) is 0.421. The van der Waals surface area contributed by atoms with Crippen LogP contribution >= 0.6 is 11.6 Å². The standard InChI is InChI=1S/C20H17ClF2N2O5/c1-27-15-7-10(4-5-14(15)30-20(22)23)6-12(21)18-24-13-9-17(29-3)16(28-2)8-11(13)19(26)25-18/h4-9,20H,1-3H3,(H,24,25,26)/b12-6-. The Morgan fingerprint density at radius 1 is 1.03 bits per heavy atom. The van der Waals surface area contributed by atoms with Crippen LogP contribution in [0.4, 0.5) is 8.78 Å². The molecule has 1 aromatic heterocycles. The Hall–Kier alpha value is -3.33. The van der Waals surface area contributed by atoms with Gasteiger partial charge in [-0.05, 0) is 29.8 Å². The van der Waals surface area contributed by atoms with E-state index in [9.17, 15) is 13.6 Å². The minimum absolute atomic E-state index is 0.102. The molecule has 1 heterocycles. The summed E-state index contributed by atoms with van der Waals surface area (Å²) in [6.45, 7) is -2.98. The van der Waals surface area contributed by atoms with E-state index in [4.69, 9.17) is 25.8 Å². The van der Waals surface area contributed by atoms with Gasteiger partial charge in [0.25, 0.3) is 5.56 Å². The van der Waals surface area contributed by atoms with Crippen molar-refractivity contribution >= 4 is 33.6 Å². The van der Waals surface area contributed by atoms with Crippen LogP contribution < -0.4 is 24.5 Å². The van der Waals surface area contributed by atoms with Gasteiger partial charge in [-0.2, -0.15) is 8.78 Å². The normalized spacial score (nSPS) is 11.6. The molecule has 3 rings (SSSR count). The Morgan fingerprint density at radius 2 is 1.67 bits per heavy atom. The number of alkyl halides is 2. The van der Waals surface area contributed by atoms with Gasteiger partial charge in [-0.3, -0.25) is 4.79 Å². The van der Waals surface area contributed by atoms with E-state index in [1.807, 2.05) is 0 Å². The van der Waals surface area contributed by atoms with E-state index >= 15 is 0 Å². The van der Waals surface area contributed by atoms with Crippen molar-refractivity contribution in [1.82, 2.24) is 9.97 Å². The molecule has 0 aliphatic rings. The SMILES string of the molecule is COc1cc2nc(/C(Cl)=C/c3ccc(OC(F)F)c(OC)c3)[nH]c(=O)c2cc1OC. The van der Waals surface area contributed by atoms with E-state index in [1.54, 1.807) is 6.07 Å². The van der Waals surface area contributed by atoms with Gasteiger partial charge in [0.15, 0.2) is 28.8 Å². The van der Waals surface area contributed by atoms with Crippen molar-refractivity contribution in [2.24, 2.45) is 0 Å². The Balaban J connectivity index is 2.03. The third kappa shape index (κ3) is 4.46. The van der Waals surface area contributed by atoms with Crippen LogP contribution in [0.1, 0.15) is 11.4 Å². The molecule has 0 amide bonds. The van der Waals surface area contributed by atoms with Crippen molar-refractivity contribution in [1.29, 1.82) is 0 Å². The van der Waals surface area contributed by atoms with E-state index in [0.29, 0.717) is 28.0 Å². The molecule has 3 aromatic rings. The molecule has 1 N–H and O–H groups in total. The summed E-state index contributed by atoms with van der Waals surface area (Å²) in [5.41, 5.74) is 0.463. The van der Waals surface area contributed by atoms with Gasteiger partial charge in [0.05, 0.1) is 37.3 Å². The van der Waals surface area contributed by atoms with Crippen LogP contribution in [-0.4, -0.2) is 37.9 Å². The first kappa shape index (κ1) is 21.4. The quantitative estimate of drug-likeness (QED) is 0.592. The molecule has 0 saturated heterocycles.